The monoisotopic (exact) mass is 333 g/mol. The zero-order valence-electron chi connectivity index (χ0n) is 13.0. The van der Waals surface area contributed by atoms with Crippen LogP contribution in [0.5, 0.6) is 0 Å². The van der Waals surface area contributed by atoms with Gasteiger partial charge in [0, 0.05) is 26.6 Å². The van der Waals surface area contributed by atoms with Crippen LogP contribution in [-0.4, -0.2) is 59.1 Å². The zero-order chi connectivity index (χ0) is 16.0. The van der Waals surface area contributed by atoms with E-state index in [1.165, 1.54) is 0 Å². The molecule has 2 aromatic heterocycles. The van der Waals surface area contributed by atoms with Crippen LogP contribution in [0.4, 0.5) is 4.79 Å². The highest BCUT2D eigenvalue weighted by Crippen LogP contribution is 2.33. The lowest BCUT2D eigenvalue weighted by Gasteiger charge is -2.25. The normalized spacial score (nSPS) is 25.2. The molecule has 0 bridgehead atoms. The van der Waals surface area contributed by atoms with Crippen LogP contribution < -0.4 is 0 Å². The minimum Gasteiger partial charge on any atom is -0.441 e. The number of likely N-dealkylation sites (tertiary alicyclic amines) is 1. The van der Waals surface area contributed by atoms with Gasteiger partial charge in [-0.05, 0) is 30.4 Å². The first-order chi connectivity index (χ1) is 11.1. The van der Waals surface area contributed by atoms with Crippen molar-refractivity contribution in [2.45, 2.75) is 24.9 Å². The number of nitrogens with zero attached hydrogens (tertiary/aromatic N) is 2. The largest absolute Gasteiger partial charge is 0.441 e. The maximum absolute atomic E-state index is 12.7. The maximum Gasteiger partial charge on any atom is 0.410 e. The Morgan fingerprint density at radius 1 is 1.39 bits per heavy atom. The number of hydrogen-bond donors (Lipinski definition) is 1. The van der Waals surface area contributed by atoms with E-state index in [2.05, 4.69) is 4.98 Å². The van der Waals surface area contributed by atoms with E-state index >= 15 is 0 Å². The van der Waals surface area contributed by atoms with Crippen LogP contribution >= 0.6 is 11.3 Å². The molecule has 1 N–H and O–H groups in total. The molecule has 2 amide bonds. The number of nitrogens with one attached hydrogen (secondary N) is 1. The average molecular weight is 333 g/mol. The second-order valence-corrected chi connectivity index (χ2v) is 7.38. The predicted molar refractivity (Wildman–Crippen MR) is 87.8 cm³/mol. The summed E-state index contributed by atoms with van der Waals surface area (Å²) < 4.78 is 6.70. The third kappa shape index (κ3) is 2.49. The Morgan fingerprint density at radius 2 is 2.26 bits per heavy atom. The fourth-order valence-electron chi connectivity index (χ4n) is 3.56. The number of fused-ring (bicyclic) bond motifs is 1. The minimum absolute atomic E-state index is 0.0307. The van der Waals surface area contributed by atoms with Crippen molar-refractivity contribution in [1.29, 1.82) is 0 Å². The van der Waals surface area contributed by atoms with E-state index in [1.54, 1.807) is 23.3 Å². The van der Waals surface area contributed by atoms with Crippen molar-refractivity contribution in [1.82, 2.24) is 14.8 Å². The van der Waals surface area contributed by atoms with Gasteiger partial charge >= 0.3 is 6.09 Å². The molecule has 2 aliphatic heterocycles. The Bertz CT molecular complexity index is 739. The molecule has 4 rings (SSSR count). The van der Waals surface area contributed by atoms with E-state index in [4.69, 9.17) is 4.74 Å². The lowest BCUT2D eigenvalue weighted by Crippen LogP contribution is -2.37. The number of amides is 2. The molecule has 0 radical (unpaired) electrons. The Hall–Kier alpha value is -2.02. The van der Waals surface area contributed by atoms with Gasteiger partial charge in [0.05, 0.1) is 16.8 Å². The molecule has 2 aromatic rings. The molecule has 122 valence electrons. The molecule has 0 aromatic carbocycles. The van der Waals surface area contributed by atoms with Gasteiger partial charge < -0.3 is 19.5 Å². The molecule has 1 spiro atoms. The number of rotatable bonds is 1. The summed E-state index contributed by atoms with van der Waals surface area (Å²) in [6.07, 6.45) is 2.10. The molecular weight excluding hydrogens is 314 g/mol. The van der Waals surface area contributed by atoms with Crippen LogP contribution in [0.25, 0.3) is 10.2 Å². The highest BCUT2D eigenvalue weighted by Gasteiger charge is 2.44. The van der Waals surface area contributed by atoms with Crippen LogP contribution in [-0.2, 0) is 4.74 Å². The van der Waals surface area contributed by atoms with Crippen molar-refractivity contribution in [2.24, 2.45) is 0 Å². The fraction of sp³-hybridized carbons (Fsp3) is 0.500. The van der Waals surface area contributed by atoms with Gasteiger partial charge in [-0.3, -0.25) is 4.79 Å². The van der Waals surface area contributed by atoms with Crippen molar-refractivity contribution < 1.29 is 14.3 Å². The van der Waals surface area contributed by atoms with Crippen molar-refractivity contribution in [3.8, 4) is 0 Å². The van der Waals surface area contributed by atoms with E-state index in [0.29, 0.717) is 31.7 Å². The molecule has 0 saturated carbocycles. The Kier molecular flexibility index (Phi) is 3.33. The standard InChI is InChI=1S/C16H19N3O3S/c1-18-10-16(22-15(18)21)4-2-6-19(7-5-16)14(20)12-9-13-11(17-12)3-8-23-13/h3,8-9,17H,2,4-7,10H2,1H3/t16-/m0/s1. The third-order valence-corrected chi connectivity index (χ3v) is 5.66. The third-order valence-electron chi connectivity index (χ3n) is 4.80. The lowest BCUT2D eigenvalue weighted by molar-refractivity contribution is 0.0438. The molecule has 4 heterocycles. The molecule has 2 fully saturated rings. The first kappa shape index (κ1) is 14.6. The number of aromatic amines is 1. The van der Waals surface area contributed by atoms with E-state index in [0.717, 1.165) is 23.1 Å². The molecule has 0 unspecified atom stereocenters. The van der Waals surface area contributed by atoms with Crippen molar-refractivity contribution in [3.05, 3.63) is 23.2 Å². The minimum atomic E-state index is -0.420. The van der Waals surface area contributed by atoms with Gasteiger partial charge in [0.2, 0.25) is 0 Å². The second-order valence-electron chi connectivity index (χ2n) is 6.43. The average Bonchev–Trinajstić information content (AvgIpc) is 3.12. The molecular formula is C16H19N3O3S. The topological polar surface area (TPSA) is 65.6 Å². The number of ether oxygens (including phenoxy) is 1. The van der Waals surface area contributed by atoms with Gasteiger partial charge in [0.15, 0.2) is 0 Å². The van der Waals surface area contributed by atoms with Gasteiger partial charge in [-0.2, -0.15) is 0 Å². The summed E-state index contributed by atoms with van der Waals surface area (Å²) >= 11 is 1.63. The number of carbonyl (C=O) groups excluding carboxylic acids is 2. The molecule has 7 heteroatoms. The summed E-state index contributed by atoms with van der Waals surface area (Å²) in [6, 6.07) is 3.91. The van der Waals surface area contributed by atoms with Crippen LogP contribution in [0.3, 0.4) is 0 Å². The Morgan fingerprint density at radius 3 is 3.00 bits per heavy atom. The number of carbonyl (C=O) groups is 2. The maximum atomic E-state index is 12.7. The lowest BCUT2D eigenvalue weighted by atomic mass is 9.95. The van der Waals surface area contributed by atoms with E-state index in [9.17, 15) is 9.59 Å². The molecule has 1 atom stereocenters. The van der Waals surface area contributed by atoms with Crippen molar-refractivity contribution in [3.63, 3.8) is 0 Å². The molecule has 2 saturated heterocycles. The number of thiophene rings is 1. The molecule has 2 aliphatic rings. The quantitative estimate of drug-likeness (QED) is 0.872. The number of likely N-dealkylation sites (N-methyl/N-ethyl adjacent to an activating group) is 1. The van der Waals surface area contributed by atoms with Crippen molar-refractivity contribution >= 4 is 33.6 Å². The fourth-order valence-corrected chi connectivity index (χ4v) is 4.34. The predicted octanol–water partition coefficient (Wildman–Crippen LogP) is 2.68. The van der Waals surface area contributed by atoms with Crippen LogP contribution in [0, 0.1) is 0 Å². The van der Waals surface area contributed by atoms with Gasteiger partial charge in [-0.1, -0.05) is 0 Å². The second kappa shape index (κ2) is 5.26. The summed E-state index contributed by atoms with van der Waals surface area (Å²) in [7, 11) is 1.76. The van der Waals surface area contributed by atoms with E-state index < -0.39 is 5.60 Å². The summed E-state index contributed by atoms with van der Waals surface area (Å²) in [5, 5.41) is 2.01. The Balaban J connectivity index is 1.49. The van der Waals surface area contributed by atoms with Crippen molar-refractivity contribution in [2.75, 3.05) is 26.7 Å². The van der Waals surface area contributed by atoms with E-state index in [1.807, 2.05) is 22.4 Å². The Labute approximate surface area is 138 Å². The highest BCUT2D eigenvalue weighted by molar-refractivity contribution is 7.17. The SMILES string of the molecule is CN1C[C@@]2(CCCN(C(=O)c3cc4sccc4[nH]3)CC2)OC1=O. The van der Waals surface area contributed by atoms with E-state index in [-0.39, 0.29) is 12.0 Å². The zero-order valence-corrected chi connectivity index (χ0v) is 13.8. The first-order valence-corrected chi connectivity index (χ1v) is 8.74. The van der Waals surface area contributed by atoms with Crippen LogP contribution in [0.15, 0.2) is 17.5 Å². The van der Waals surface area contributed by atoms with Gasteiger partial charge in [-0.15, -0.1) is 11.3 Å². The summed E-state index contributed by atoms with van der Waals surface area (Å²) in [4.78, 5) is 31.1. The molecule has 23 heavy (non-hydrogen) atoms. The molecule has 0 aliphatic carbocycles. The summed E-state index contributed by atoms with van der Waals surface area (Å²) in [5.74, 6) is 0.0307. The first-order valence-electron chi connectivity index (χ1n) is 7.86. The van der Waals surface area contributed by atoms with Gasteiger partial charge in [0.25, 0.3) is 5.91 Å². The van der Waals surface area contributed by atoms with Gasteiger partial charge in [0.1, 0.15) is 11.3 Å². The highest BCUT2D eigenvalue weighted by atomic mass is 32.1. The molecule has 6 nitrogen and oxygen atoms in total. The smallest absolute Gasteiger partial charge is 0.410 e. The van der Waals surface area contributed by atoms with Crippen LogP contribution in [0.2, 0.25) is 0 Å². The number of aromatic nitrogens is 1. The van der Waals surface area contributed by atoms with Crippen LogP contribution in [0.1, 0.15) is 29.8 Å². The summed E-state index contributed by atoms with van der Waals surface area (Å²) in [6.45, 7) is 1.94. The van der Waals surface area contributed by atoms with Gasteiger partial charge in [-0.25, -0.2) is 4.79 Å². The number of hydrogen-bond acceptors (Lipinski definition) is 4. The summed E-state index contributed by atoms with van der Waals surface area (Å²) in [5.41, 5.74) is 1.23. The number of H-pyrrole nitrogens is 1.